The number of carboxylic acids is 1. The van der Waals surface area contributed by atoms with Crippen molar-refractivity contribution in [2.45, 2.75) is 19.3 Å². The Kier molecular flexibility index (Phi) is 4.87. The molecular weight excluding hydrogens is 326 g/mol. The van der Waals surface area contributed by atoms with Crippen molar-refractivity contribution in [1.82, 2.24) is 4.90 Å². The van der Waals surface area contributed by atoms with Crippen LogP contribution < -0.4 is 0 Å². The van der Waals surface area contributed by atoms with Gasteiger partial charge in [-0.25, -0.2) is 0 Å². The van der Waals surface area contributed by atoms with Gasteiger partial charge >= 0.3 is 5.97 Å². The highest BCUT2D eigenvalue weighted by Gasteiger charge is 2.43. The Balaban J connectivity index is 1.76. The fourth-order valence-corrected chi connectivity index (χ4v) is 4.38. The van der Waals surface area contributed by atoms with Crippen molar-refractivity contribution in [3.63, 3.8) is 0 Å². The number of carbonyl (C=O) groups excluding carboxylic acids is 1. The molecule has 0 aliphatic carbocycles. The topological polar surface area (TPSA) is 66.8 Å². The van der Waals surface area contributed by atoms with Gasteiger partial charge in [0, 0.05) is 24.9 Å². The van der Waals surface area contributed by atoms with E-state index in [1.54, 1.807) is 16.2 Å². The number of aliphatic carboxylic acids is 1. The maximum absolute atomic E-state index is 12.7. The third-order valence-electron chi connectivity index (χ3n) is 4.71. The number of benzene rings is 1. The van der Waals surface area contributed by atoms with Crippen molar-refractivity contribution in [3.8, 4) is 0 Å². The Hall–Kier alpha value is -1.92. The van der Waals surface area contributed by atoms with E-state index in [0.717, 1.165) is 10.9 Å². The molecule has 0 spiro atoms. The van der Waals surface area contributed by atoms with Gasteiger partial charge in [0.15, 0.2) is 0 Å². The van der Waals surface area contributed by atoms with Gasteiger partial charge in [-0.15, -0.1) is 11.3 Å². The zero-order valence-electron chi connectivity index (χ0n) is 13.7. The van der Waals surface area contributed by atoms with E-state index in [0.29, 0.717) is 25.8 Å². The van der Waals surface area contributed by atoms with Crippen molar-refractivity contribution in [2.24, 2.45) is 5.41 Å². The fourth-order valence-electron chi connectivity index (χ4n) is 3.42. The largest absolute Gasteiger partial charge is 0.481 e. The minimum atomic E-state index is -0.987. The van der Waals surface area contributed by atoms with Gasteiger partial charge in [-0.1, -0.05) is 18.2 Å². The van der Waals surface area contributed by atoms with Gasteiger partial charge in [0.2, 0.25) is 5.91 Å². The summed E-state index contributed by atoms with van der Waals surface area (Å²) < 4.78 is 6.29. The Morgan fingerprint density at radius 3 is 2.92 bits per heavy atom. The summed E-state index contributed by atoms with van der Waals surface area (Å²) in [5.74, 6) is -0.900. The second-order valence-electron chi connectivity index (χ2n) is 6.37. The van der Waals surface area contributed by atoms with Gasteiger partial charge in [0.25, 0.3) is 0 Å². The third kappa shape index (κ3) is 3.16. The van der Waals surface area contributed by atoms with E-state index in [1.807, 2.05) is 29.6 Å². The molecule has 1 N–H and O–H groups in total. The van der Waals surface area contributed by atoms with E-state index >= 15 is 0 Å². The van der Waals surface area contributed by atoms with Crippen LogP contribution in [0, 0.1) is 5.41 Å². The number of hydrogen-bond donors (Lipinski definition) is 1. The van der Waals surface area contributed by atoms with Crippen molar-refractivity contribution < 1.29 is 19.4 Å². The van der Waals surface area contributed by atoms with Crippen molar-refractivity contribution in [3.05, 3.63) is 35.2 Å². The van der Waals surface area contributed by atoms with Crippen LogP contribution in [0.1, 0.15) is 18.4 Å². The van der Waals surface area contributed by atoms with Gasteiger partial charge in [-0.3, -0.25) is 9.59 Å². The number of ether oxygens (including phenoxy) is 1. The lowest BCUT2D eigenvalue weighted by Gasteiger charge is -2.39. The van der Waals surface area contributed by atoms with Crippen LogP contribution in [-0.2, 0) is 20.7 Å². The van der Waals surface area contributed by atoms with Gasteiger partial charge in [0.05, 0.1) is 13.0 Å². The Morgan fingerprint density at radius 2 is 2.17 bits per heavy atom. The molecule has 2 heterocycles. The van der Waals surface area contributed by atoms with E-state index in [1.165, 1.54) is 11.8 Å². The molecule has 1 amide bonds. The molecule has 1 atom stereocenters. The third-order valence-corrected chi connectivity index (χ3v) is 5.72. The van der Waals surface area contributed by atoms with Crippen LogP contribution in [0.4, 0.5) is 0 Å². The van der Waals surface area contributed by atoms with Crippen molar-refractivity contribution >= 4 is 33.3 Å². The zero-order chi connectivity index (χ0) is 17.2. The van der Waals surface area contributed by atoms with Crippen molar-refractivity contribution in [2.75, 3.05) is 26.8 Å². The molecule has 5 nitrogen and oxygen atoms in total. The molecule has 3 rings (SSSR count). The number of fused-ring (bicyclic) bond motifs is 1. The van der Waals surface area contributed by atoms with Gasteiger partial charge in [-0.2, -0.15) is 0 Å². The summed E-state index contributed by atoms with van der Waals surface area (Å²) in [5, 5.41) is 12.7. The van der Waals surface area contributed by atoms with E-state index in [4.69, 9.17) is 4.74 Å². The molecule has 128 valence electrons. The molecule has 2 aromatic rings. The quantitative estimate of drug-likeness (QED) is 0.903. The highest BCUT2D eigenvalue weighted by molar-refractivity contribution is 7.17. The first-order valence-electron chi connectivity index (χ1n) is 8.01. The standard InChI is InChI=1S/C18H21NO4S/c1-23-12-18(17(21)22)7-4-8-19(11-18)16(20)9-13-10-24-15-6-3-2-5-14(13)15/h2-3,5-6,10H,4,7-9,11-12H2,1H3,(H,21,22). The highest BCUT2D eigenvalue weighted by atomic mass is 32.1. The van der Waals surface area contributed by atoms with Gasteiger partial charge in [-0.05, 0) is 35.2 Å². The number of carbonyl (C=O) groups is 2. The summed E-state index contributed by atoms with van der Waals surface area (Å²) in [6.45, 7) is 0.963. The lowest BCUT2D eigenvalue weighted by atomic mass is 9.80. The fraction of sp³-hybridized carbons (Fsp3) is 0.444. The molecule has 1 fully saturated rings. The predicted molar refractivity (Wildman–Crippen MR) is 93.3 cm³/mol. The highest BCUT2D eigenvalue weighted by Crippen LogP contribution is 2.32. The summed E-state index contributed by atoms with van der Waals surface area (Å²) in [4.78, 5) is 26.1. The second kappa shape index (κ2) is 6.91. The van der Waals surface area contributed by atoms with E-state index in [9.17, 15) is 14.7 Å². The molecule has 1 aliphatic heterocycles. The lowest BCUT2D eigenvalue weighted by molar-refractivity contribution is -0.159. The van der Waals surface area contributed by atoms with Crippen molar-refractivity contribution in [1.29, 1.82) is 0 Å². The molecule has 1 aromatic heterocycles. The van der Waals surface area contributed by atoms with E-state index < -0.39 is 11.4 Å². The molecule has 0 saturated carbocycles. The Bertz CT molecular complexity index is 752. The van der Waals surface area contributed by atoms with Gasteiger partial charge in [0.1, 0.15) is 5.41 Å². The van der Waals surface area contributed by atoms with Crippen LogP contribution in [-0.4, -0.2) is 48.7 Å². The Morgan fingerprint density at radius 1 is 1.38 bits per heavy atom. The number of hydrogen-bond acceptors (Lipinski definition) is 4. The summed E-state index contributed by atoms with van der Waals surface area (Å²) in [5.41, 5.74) is 0.0261. The van der Waals surface area contributed by atoms with E-state index in [-0.39, 0.29) is 19.1 Å². The monoisotopic (exact) mass is 347 g/mol. The molecule has 1 saturated heterocycles. The van der Waals surface area contributed by atoms with Crippen LogP contribution in [0.25, 0.3) is 10.1 Å². The maximum atomic E-state index is 12.7. The number of carboxylic acid groups (broad SMARTS) is 1. The first-order chi connectivity index (χ1) is 11.6. The number of thiophene rings is 1. The lowest BCUT2D eigenvalue weighted by Crippen LogP contribution is -2.52. The SMILES string of the molecule is COCC1(C(=O)O)CCCN(C(=O)Cc2csc3ccccc23)C1. The summed E-state index contributed by atoms with van der Waals surface area (Å²) in [6.07, 6.45) is 1.54. The first kappa shape index (κ1) is 16.9. The molecule has 24 heavy (non-hydrogen) atoms. The average molecular weight is 347 g/mol. The normalized spacial score (nSPS) is 21.1. The number of nitrogens with zero attached hydrogens (tertiary/aromatic N) is 1. The molecule has 1 aromatic carbocycles. The van der Waals surface area contributed by atoms with Crippen LogP contribution in [0.2, 0.25) is 0 Å². The van der Waals surface area contributed by atoms with Crippen LogP contribution in [0.5, 0.6) is 0 Å². The summed E-state index contributed by atoms with van der Waals surface area (Å²) in [6, 6.07) is 8.03. The Labute approximate surface area is 144 Å². The minimum absolute atomic E-state index is 0.0139. The number of rotatable bonds is 5. The summed E-state index contributed by atoms with van der Waals surface area (Å²) in [7, 11) is 1.50. The molecule has 0 radical (unpaired) electrons. The predicted octanol–water partition coefficient (Wildman–Crippen LogP) is 2.78. The first-order valence-corrected chi connectivity index (χ1v) is 8.89. The molecule has 6 heteroatoms. The van der Waals surface area contributed by atoms with Crippen LogP contribution in [0.3, 0.4) is 0 Å². The second-order valence-corrected chi connectivity index (χ2v) is 7.28. The number of methoxy groups -OCH3 is 1. The molecular formula is C18H21NO4S. The summed E-state index contributed by atoms with van der Waals surface area (Å²) >= 11 is 1.63. The smallest absolute Gasteiger partial charge is 0.313 e. The maximum Gasteiger partial charge on any atom is 0.313 e. The van der Waals surface area contributed by atoms with Gasteiger partial charge < -0.3 is 14.7 Å². The number of piperidine rings is 1. The number of amides is 1. The molecule has 1 unspecified atom stereocenters. The van der Waals surface area contributed by atoms with Crippen LogP contribution >= 0.6 is 11.3 Å². The van der Waals surface area contributed by atoms with Crippen LogP contribution in [0.15, 0.2) is 29.6 Å². The number of likely N-dealkylation sites (tertiary alicyclic amines) is 1. The molecule has 1 aliphatic rings. The minimum Gasteiger partial charge on any atom is -0.481 e. The van der Waals surface area contributed by atoms with E-state index in [2.05, 4.69) is 0 Å². The molecule has 0 bridgehead atoms. The zero-order valence-corrected chi connectivity index (χ0v) is 14.5. The average Bonchev–Trinajstić information content (AvgIpc) is 2.98.